The summed E-state index contributed by atoms with van der Waals surface area (Å²) < 4.78 is 5.00. The fourth-order valence-electron chi connectivity index (χ4n) is 1.56. The summed E-state index contributed by atoms with van der Waals surface area (Å²) in [5.41, 5.74) is 0.887. The monoisotopic (exact) mass is 294 g/mol. The van der Waals surface area contributed by atoms with Crippen LogP contribution in [0.1, 0.15) is 25.3 Å². The minimum Gasteiger partial charge on any atom is -0.481 e. The Morgan fingerprint density at radius 2 is 2.05 bits per heavy atom. The van der Waals surface area contributed by atoms with Crippen molar-refractivity contribution in [2.45, 2.75) is 26.3 Å². The van der Waals surface area contributed by atoms with Crippen LogP contribution in [0.5, 0.6) is 5.88 Å². The van der Waals surface area contributed by atoms with Gasteiger partial charge in [-0.05, 0) is 18.1 Å². The number of carbonyl (C=O) groups excluding carboxylic acids is 2. The van der Waals surface area contributed by atoms with Crippen LogP contribution in [0.15, 0.2) is 18.3 Å². The first-order valence-electron chi connectivity index (χ1n) is 6.93. The predicted octanol–water partition coefficient (Wildman–Crippen LogP) is 0.806. The molecule has 0 spiro atoms. The molecule has 0 aliphatic rings. The van der Waals surface area contributed by atoms with Gasteiger partial charge in [0.15, 0.2) is 0 Å². The van der Waals surface area contributed by atoms with Crippen molar-refractivity contribution in [1.82, 2.24) is 20.9 Å². The highest BCUT2D eigenvalue weighted by Crippen LogP contribution is 2.07. The molecule has 1 aromatic heterocycles. The van der Waals surface area contributed by atoms with Crippen molar-refractivity contribution >= 4 is 11.9 Å². The molecule has 0 radical (unpaired) electrons. The number of carbonyl (C=O) groups is 2. The van der Waals surface area contributed by atoms with Crippen molar-refractivity contribution in [2.75, 3.05) is 20.2 Å². The molecule has 1 heterocycles. The first-order chi connectivity index (χ1) is 10.2. The van der Waals surface area contributed by atoms with Crippen LogP contribution in [-0.2, 0) is 11.3 Å². The Kier molecular flexibility index (Phi) is 7.63. The van der Waals surface area contributed by atoms with E-state index in [0.29, 0.717) is 25.5 Å². The van der Waals surface area contributed by atoms with E-state index in [4.69, 9.17) is 4.74 Å². The average Bonchev–Trinajstić information content (AvgIpc) is 2.51. The van der Waals surface area contributed by atoms with E-state index < -0.39 is 0 Å². The van der Waals surface area contributed by atoms with Crippen molar-refractivity contribution in [3.8, 4) is 5.88 Å². The molecule has 3 N–H and O–H groups in total. The lowest BCUT2D eigenvalue weighted by Crippen LogP contribution is -2.37. The van der Waals surface area contributed by atoms with Gasteiger partial charge in [-0.25, -0.2) is 9.78 Å². The van der Waals surface area contributed by atoms with Crippen LogP contribution in [0, 0.1) is 0 Å². The lowest BCUT2D eigenvalue weighted by Gasteiger charge is -2.08. The summed E-state index contributed by atoms with van der Waals surface area (Å²) in [5.74, 6) is 0.443. The topological polar surface area (TPSA) is 92.4 Å². The van der Waals surface area contributed by atoms with Crippen LogP contribution in [0.25, 0.3) is 0 Å². The number of nitrogens with zero attached hydrogens (tertiary/aromatic N) is 1. The van der Waals surface area contributed by atoms with Crippen LogP contribution >= 0.6 is 0 Å². The Balaban J connectivity index is 2.20. The van der Waals surface area contributed by atoms with Crippen LogP contribution in [-0.4, -0.2) is 37.1 Å². The van der Waals surface area contributed by atoms with Crippen molar-refractivity contribution in [3.05, 3.63) is 23.9 Å². The standard InChI is InChI=1S/C14H22N4O3/c1-3-6-15-12(19)5-8-17-14(20)18-10-11-4-7-16-13(9-11)21-2/h4,7,9H,3,5-6,8,10H2,1-2H3,(H,15,19)(H2,17,18,20). The number of aromatic nitrogens is 1. The van der Waals surface area contributed by atoms with E-state index in [1.165, 1.54) is 7.11 Å². The Bertz CT molecular complexity index is 465. The molecule has 0 aliphatic heterocycles. The first kappa shape index (κ1) is 16.7. The molecular weight excluding hydrogens is 272 g/mol. The number of hydrogen-bond acceptors (Lipinski definition) is 4. The molecule has 1 aromatic rings. The van der Waals surface area contributed by atoms with Gasteiger partial charge in [0.05, 0.1) is 7.11 Å². The van der Waals surface area contributed by atoms with Gasteiger partial charge in [-0.3, -0.25) is 4.79 Å². The zero-order chi connectivity index (χ0) is 15.5. The largest absolute Gasteiger partial charge is 0.481 e. The number of ether oxygens (including phenoxy) is 1. The molecule has 0 atom stereocenters. The summed E-state index contributed by atoms with van der Waals surface area (Å²) in [5, 5.41) is 8.08. The maximum atomic E-state index is 11.6. The van der Waals surface area contributed by atoms with E-state index in [1.54, 1.807) is 18.3 Å². The quantitative estimate of drug-likeness (QED) is 0.661. The molecule has 0 aromatic carbocycles. The third-order valence-electron chi connectivity index (χ3n) is 2.67. The summed E-state index contributed by atoms with van der Waals surface area (Å²) in [7, 11) is 1.54. The second-order valence-electron chi connectivity index (χ2n) is 4.42. The van der Waals surface area contributed by atoms with Crippen molar-refractivity contribution in [2.24, 2.45) is 0 Å². The molecule has 0 bridgehead atoms. The minimum atomic E-state index is -0.311. The fraction of sp³-hybridized carbons (Fsp3) is 0.500. The zero-order valence-electron chi connectivity index (χ0n) is 12.4. The van der Waals surface area contributed by atoms with Gasteiger partial charge in [0.1, 0.15) is 0 Å². The van der Waals surface area contributed by atoms with Crippen LogP contribution in [0.3, 0.4) is 0 Å². The van der Waals surface area contributed by atoms with E-state index in [-0.39, 0.29) is 18.4 Å². The first-order valence-corrected chi connectivity index (χ1v) is 6.93. The van der Waals surface area contributed by atoms with Crippen molar-refractivity contribution < 1.29 is 14.3 Å². The van der Waals surface area contributed by atoms with E-state index >= 15 is 0 Å². The summed E-state index contributed by atoms with van der Waals surface area (Å²) >= 11 is 0. The lowest BCUT2D eigenvalue weighted by atomic mass is 10.2. The summed E-state index contributed by atoms with van der Waals surface area (Å²) in [6, 6.07) is 3.23. The SMILES string of the molecule is CCCNC(=O)CCNC(=O)NCc1ccnc(OC)c1. The molecule has 0 aliphatic carbocycles. The maximum absolute atomic E-state index is 11.6. The van der Waals surface area contributed by atoms with Crippen LogP contribution < -0.4 is 20.7 Å². The highest BCUT2D eigenvalue weighted by atomic mass is 16.5. The molecule has 3 amide bonds. The zero-order valence-corrected chi connectivity index (χ0v) is 12.4. The van der Waals surface area contributed by atoms with Gasteiger partial charge < -0.3 is 20.7 Å². The van der Waals surface area contributed by atoms with Gasteiger partial charge in [-0.2, -0.15) is 0 Å². The van der Waals surface area contributed by atoms with E-state index in [2.05, 4.69) is 20.9 Å². The highest BCUT2D eigenvalue weighted by molar-refractivity contribution is 5.78. The number of pyridine rings is 1. The van der Waals surface area contributed by atoms with Crippen LogP contribution in [0.2, 0.25) is 0 Å². The third kappa shape index (κ3) is 7.14. The minimum absolute atomic E-state index is 0.0592. The van der Waals surface area contributed by atoms with E-state index in [0.717, 1.165) is 12.0 Å². The Morgan fingerprint density at radius 1 is 1.24 bits per heavy atom. The second-order valence-corrected chi connectivity index (χ2v) is 4.42. The molecule has 116 valence electrons. The van der Waals surface area contributed by atoms with Gasteiger partial charge in [0.2, 0.25) is 11.8 Å². The predicted molar refractivity (Wildman–Crippen MR) is 78.9 cm³/mol. The number of methoxy groups -OCH3 is 1. The van der Waals surface area contributed by atoms with Crippen LogP contribution in [0.4, 0.5) is 4.79 Å². The Morgan fingerprint density at radius 3 is 2.76 bits per heavy atom. The molecule has 0 saturated carbocycles. The molecular formula is C14H22N4O3. The highest BCUT2D eigenvalue weighted by Gasteiger charge is 2.04. The maximum Gasteiger partial charge on any atom is 0.315 e. The number of hydrogen-bond donors (Lipinski definition) is 3. The number of amides is 3. The van der Waals surface area contributed by atoms with Gasteiger partial charge in [-0.15, -0.1) is 0 Å². The number of nitrogens with one attached hydrogen (secondary N) is 3. The average molecular weight is 294 g/mol. The molecule has 1 rings (SSSR count). The molecule has 0 fully saturated rings. The molecule has 21 heavy (non-hydrogen) atoms. The Hall–Kier alpha value is -2.31. The number of urea groups is 1. The van der Waals surface area contributed by atoms with E-state index in [9.17, 15) is 9.59 Å². The Labute approximate surface area is 124 Å². The van der Waals surface area contributed by atoms with Gasteiger partial charge in [0.25, 0.3) is 0 Å². The van der Waals surface area contributed by atoms with Gasteiger partial charge in [0, 0.05) is 38.3 Å². The summed E-state index contributed by atoms with van der Waals surface area (Å²) in [6.45, 7) is 3.32. The van der Waals surface area contributed by atoms with Crippen molar-refractivity contribution in [3.63, 3.8) is 0 Å². The normalized spacial score (nSPS) is 9.81. The third-order valence-corrected chi connectivity index (χ3v) is 2.67. The molecule has 0 saturated heterocycles. The smallest absolute Gasteiger partial charge is 0.315 e. The van der Waals surface area contributed by atoms with Gasteiger partial charge in [-0.1, -0.05) is 6.92 Å². The number of rotatable bonds is 8. The summed E-state index contributed by atoms with van der Waals surface area (Å²) in [4.78, 5) is 26.9. The molecule has 0 unspecified atom stereocenters. The molecule has 7 nitrogen and oxygen atoms in total. The van der Waals surface area contributed by atoms with Crippen molar-refractivity contribution in [1.29, 1.82) is 0 Å². The summed E-state index contributed by atoms with van der Waals surface area (Å²) in [6.07, 6.45) is 2.79. The van der Waals surface area contributed by atoms with Gasteiger partial charge >= 0.3 is 6.03 Å². The molecule has 7 heteroatoms. The van der Waals surface area contributed by atoms with E-state index in [1.807, 2.05) is 6.92 Å². The lowest BCUT2D eigenvalue weighted by molar-refractivity contribution is -0.120. The fourth-order valence-corrected chi connectivity index (χ4v) is 1.56. The second kappa shape index (κ2) is 9.57.